The summed E-state index contributed by atoms with van der Waals surface area (Å²) in [6.07, 6.45) is 3.75. The fraction of sp³-hybridized carbons (Fsp3) is 0.300. The molecule has 0 saturated heterocycles. The summed E-state index contributed by atoms with van der Waals surface area (Å²) in [6, 6.07) is 10.0. The minimum absolute atomic E-state index is 0.111. The average molecular weight is 390 g/mol. The van der Waals surface area contributed by atoms with Crippen LogP contribution in [0.4, 0.5) is 4.39 Å². The summed E-state index contributed by atoms with van der Waals surface area (Å²) in [5.41, 5.74) is 2.87. The number of benzene rings is 2. The number of methoxy groups -OCH3 is 1. The fourth-order valence-corrected chi connectivity index (χ4v) is 3.94. The van der Waals surface area contributed by atoms with Crippen LogP contribution < -0.4 is 10.1 Å². The van der Waals surface area contributed by atoms with E-state index >= 15 is 0 Å². The molecule has 0 spiro atoms. The van der Waals surface area contributed by atoms with Crippen molar-refractivity contribution in [3.05, 3.63) is 59.5 Å². The number of aromatic amines is 1. The second-order valence-corrected chi connectivity index (χ2v) is 8.57. The van der Waals surface area contributed by atoms with Crippen molar-refractivity contribution in [2.45, 2.75) is 24.3 Å². The van der Waals surface area contributed by atoms with Gasteiger partial charge in [-0.1, -0.05) is 12.1 Å². The third-order valence-corrected chi connectivity index (χ3v) is 5.80. The minimum Gasteiger partial charge on any atom is -0.496 e. The van der Waals surface area contributed by atoms with Crippen LogP contribution in [0.25, 0.3) is 10.9 Å². The molecule has 0 unspecified atom stereocenters. The molecule has 0 bridgehead atoms. The summed E-state index contributed by atoms with van der Waals surface area (Å²) in [5, 5.41) is 4.42. The van der Waals surface area contributed by atoms with Gasteiger partial charge < -0.3 is 15.0 Å². The van der Waals surface area contributed by atoms with E-state index in [0.717, 1.165) is 34.9 Å². The quantitative estimate of drug-likeness (QED) is 0.646. The molecule has 1 aromatic heterocycles. The number of sulfone groups is 1. The number of H-pyrrole nitrogens is 1. The zero-order valence-electron chi connectivity index (χ0n) is 15.5. The zero-order chi connectivity index (χ0) is 19.6. The molecule has 144 valence electrons. The highest BCUT2D eigenvalue weighted by Gasteiger charge is 2.16. The molecule has 3 rings (SSSR count). The summed E-state index contributed by atoms with van der Waals surface area (Å²) in [7, 11) is -1.91. The number of hydrogen-bond acceptors (Lipinski definition) is 4. The lowest BCUT2D eigenvalue weighted by molar-refractivity contribution is 0.419. The first-order valence-electron chi connectivity index (χ1n) is 8.67. The van der Waals surface area contributed by atoms with Gasteiger partial charge in [-0.05, 0) is 55.3 Å². The number of ether oxygens (including phenoxy) is 1. The monoisotopic (exact) mass is 390 g/mol. The van der Waals surface area contributed by atoms with Gasteiger partial charge in [0.1, 0.15) is 16.5 Å². The maximum atomic E-state index is 14.1. The van der Waals surface area contributed by atoms with Crippen molar-refractivity contribution < 1.29 is 17.5 Å². The maximum absolute atomic E-state index is 14.1. The molecule has 1 heterocycles. The molecule has 5 nitrogen and oxygen atoms in total. The van der Waals surface area contributed by atoms with Crippen LogP contribution in [0.15, 0.2) is 47.5 Å². The Kier molecular flexibility index (Phi) is 5.53. The molecule has 0 amide bonds. The molecular weight excluding hydrogens is 367 g/mol. The van der Waals surface area contributed by atoms with Gasteiger partial charge in [-0.3, -0.25) is 0 Å². The summed E-state index contributed by atoms with van der Waals surface area (Å²) in [5.74, 6) is 0.111. The topological polar surface area (TPSA) is 71.2 Å². The SMILES string of the molecule is COc1cccc2[nH]cc(CCN[C@H](C)c3ccc(S(C)(=O)=O)c(F)c3)c12. The number of nitrogens with one attached hydrogen (secondary N) is 2. The van der Waals surface area contributed by atoms with E-state index in [1.54, 1.807) is 13.2 Å². The molecule has 27 heavy (non-hydrogen) atoms. The number of halogens is 1. The van der Waals surface area contributed by atoms with Crippen LogP contribution in [0.5, 0.6) is 5.75 Å². The van der Waals surface area contributed by atoms with Gasteiger partial charge in [0.15, 0.2) is 9.84 Å². The molecule has 0 aliphatic rings. The zero-order valence-corrected chi connectivity index (χ0v) is 16.4. The van der Waals surface area contributed by atoms with Gasteiger partial charge in [-0.2, -0.15) is 0 Å². The number of rotatable bonds is 7. The molecule has 0 radical (unpaired) electrons. The van der Waals surface area contributed by atoms with E-state index in [1.165, 1.54) is 12.1 Å². The number of aromatic nitrogens is 1. The van der Waals surface area contributed by atoms with Crippen LogP contribution in [0.2, 0.25) is 0 Å². The van der Waals surface area contributed by atoms with Crippen molar-refractivity contribution in [1.29, 1.82) is 0 Å². The Morgan fingerprint density at radius 3 is 2.70 bits per heavy atom. The van der Waals surface area contributed by atoms with Gasteiger partial charge in [-0.25, -0.2) is 12.8 Å². The van der Waals surface area contributed by atoms with E-state index < -0.39 is 15.7 Å². The summed E-state index contributed by atoms with van der Waals surface area (Å²) >= 11 is 0. The lowest BCUT2D eigenvalue weighted by Gasteiger charge is -2.15. The normalized spacial score (nSPS) is 13.0. The predicted molar refractivity (Wildman–Crippen MR) is 104 cm³/mol. The van der Waals surface area contributed by atoms with Crippen LogP contribution >= 0.6 is 0 Å². The molecule has 2 aromatic carbocycles. The molecule has 0 fully saturated rings. The Morgan fingerprint density at radius 2 is 2.04 bits per heavy atom. The van der Waals surface area contributed by atoms with Crippen LogP contribution in [0, 0.1) is 5.82 Å². The van der Waals surface area contributed by atoms with Gasteiger partial charge in [-0.15, -0.1) is 0 Å². The second kappa shape index (κ2) is 7.70. The number of fused-ring (bicyclic) bond motifs is 1. The third kappa shape index (κ3) is 4.14. The van der Waals surface area contributed by atoms with Gasteiger partial charge in [0, 0.05) is 29.4 Å². The third-order valence-electron chi connectivity index (χ3n) is 4.67. The van der Waals surface area contributed by atoms with Crippen molar-refractivity contribution in [1.82, 2.24) is 10.3 Å². The Hall–Kier alpha value is -2.38. The smallest absolute Gasteiger partial charge is 0.178 e. The van der Waals surface area contributed by atoms with E-state index in [-0.39, 0.29) is 10.9 Å². The Balaban J connectivity index is 1.68. The maximum Gasteiger partial charge on any atom is 0.178 e. The first-order chi connectivity index (χ1) is 12.8. The highest BCUT2D eigenvalue weighted by molar-refractivity contribution is 7.90. The molecule has 0 saturated carbocycles. The van der Waals surface area contributed by atoms with Gasteiger partial charge in [0.05, 0.1) is 7.11 Å². The fourth-order valence-electron chi connectivity index (χ4n) is 3.22. The van der Waals surface area contributed by atoms with Crippen molar-refractivity contribution in [3.8, 4) is 5.75 Å². The Labute approximate surface area is 158 Å². The highest BCUT2D eigenvalue weighted by Crippen LogP contribution is 2.28. The van der Waals surface area contributed by atoms with E-state index in [4.69, 9.17) is 4.74 Å². The predicted octanol–water partition coefficient (Wildman–Crippen LogP) is 3.61. The standard InChI is InChI=1S/C20H23FN2O3S/c1-13(14-7-8-19(16(21)11-14)27(3,24)25)22-10-9-15-12-23-17-5-4-6-18(26-2)20(15)17/h4-8,11-13,22-23H,9-10H2,1-3H3/t13-/m1/s1. The lowest BCUT2D eigenvalue weighted by atomic mass is 10.1. The Bertz CT molecular complexity index is 1060. The van der Waals surface area contributed by atoms with Gasteiger partial charge in [0.25, 0.3) is 0 Å². The van der Waals surface area contributed by atoms with Crippen LogP contribution in [-0.2, 0) is 16.3 Å². The van der Waals surface area contributed by atoms with Crippen LogP contribution in [0.3, 0.4) is 0 Å². The van der Waals surface area contributed by atoms with Crippen LogP contribution in [0.1, 0.15) is 24.1 Å². The summed E-state index contributed by atoms with van der Waals surface area (Å²) in [6.45, 7) is 2.60. The lowest BCUT2D eigenvalue weighted by Crippen LogP contribution is -2.21. The molecular formula is C20H23FN2O3S. The second-order valence-electron chi connectivity index (χ2n) is 6.58. The van der Waals surface area contributed by atoms with Crippen molar-refractivity contribution in [2.75, 3.05) is 19.9 Å². The average Bonchev–Trinajstić information content (AvgIpc) is 3.03. The minimum atomic E-state index is -3.56. The number of hydrogen-bond donors (Lipinski definition) is 2. The van der Waals surface area contributed by atoms with Crippen molar-refractivity contribution in [2.24, 2.45) is 0 Å². The molecule has 0 aliphatic heterocycles. The van der Waals surface area contributed by atoms with E-state index in [2.05, 4.69) is 10.3 Å². The highest BCUT2D eigenvalue weighted by atomic mass is 32.2. The van der Waals surface area contributed by atoms with E-state index in [1.807, 2.05) is 31.3 Å². The van der Waals surface area contributed by atoms with Crippen molar-refractivity contribution in [3.63, 3.8) is 0 Å². The van der Waals surface area contributed by atoms with Gasteiger partial charge >= 0.3 is 0 Å². The molecule has 7 heteroatoms. The first-order valence-corrected chi connectivity index (χ1v) is 10.6. The van der Waals surface area contributed by atoms with Crippen molar-refractivity contribution >= 4 is 20.7 Å². The molecule has 2 N–H and O–H groups in total. The first kappa shape index (κ1) is 19.4. The van der Waals surface area contributed by atoms with Crippen LogP contribution in [-0.4, -0.2) is 33.3 Å². The van der Waals surface area contributed by atoms with E-state index in [9.17, 15) is 12.8 Å². The molecule has 1 atom stereocenters. The largest absolute Gasteiger partial charge is 0.496 e. The Morgan fingerprint density at radius 1 is 1.26 bits per heavy atom. The summed E-state index contributed by atoms with van der Waals surface area (Å²) in [4.78, 5) is 2.97. The van der Waals surface area contributed by atoms with Gasteiger partial charge in [0.2, 0.25) is 0 Å². The summed E-state index contributed by atoms with van der Waals surface area (Å²) < 4.78 is 42.6. The molecule has 0 aliphatic carbocycles. The molecule has 3 aromatic rings. The van der Waals surface area contributed by atoms with E-state index in [0.29, 0.717) is 12.1 Å².